The van der Waals surface area contributed by atoms with Crippen molar-refractivity contribution in [2.75, 3.05) is 0 Å². The number of pyridine rings is 1. The molecule has 5 nitrogen and oxygen atoms in total. The predicted octanol–water partition coefficient (Wildman–Crippen LogP) is 4.69. The van der Waals surface area contributed by atoms with Gasteiger partial charge in [-0.05, 0) is 30.3 Å². The number of rotatable bonds is 3. The lowest BCUT2D eigenvalue weighted by Gasteiger charge is -2.10. The third kappa shape index (κ3) is 3.11. The van der Waals surface area contributed by atoms with Crippen molar-refractivity contribution in [1.29, 1.82) is 0 Å². The van der Waals surface area contributed by atoms with Crippen LogP contribution in [0.25, 0.3) is 16.9 Å². The number of carbonyl (C=O) groups excluding carboxylic acids is 1. The Morgan fingerprint density at radius 1 is 1.04 bits per heavy atom. The molecule has 0 spiro atoms. The number of aromatic nitrogens is 4. The van der Waals surface area contributed by atoms with Crippen LogP contribution < -0.4 is 0 Å². The molecule has 0 amide bonds. The molecule has 3 aromatic heterocycles. The summed E-state index contributed by atoms with van der Waals surface area (Å²) in [6.07, 6.45) is -0.328. The molecule has 0 radical (unpaired) electrons. The minimum atomic E-state index is -4.47. The summed E-state index contributed by atoms with van der Waals surface area (Å²) in [7, 11) is 0. The molecule has 0 aliphatic heterocycles. The second-order valence-corrected chi connectivity index (χ2v) is 6.27. The van der Waals surface area contributed by atoms with Gasteiger partial charge in [0.05, 0.1) is 28.0 Å². The van der Waals surface area contributed by atoms with E-state index in [4.69, 9.17) is 11.6 Å². The first kappa shape index (κ1) is 18.1. The molecule has 9 heteroatoms. The van der Waals surface area contributed by atoms with Crippen LogP contribution in [0.15, 0.2) is 61.1 Å². The van der Waals surface area contributed by atoms with Gasteiger partial charge in [0, 0.05) is 18.0 Å². The molecule has 4 rings (SSSR count). The van der Waals surface area contributed by atoms with Gasteiger partial charge in [-0.25, -0.2) is 9.50 Å². The standard InChI is InChI=1S/C19H10ClF3N4O/c20-14-5-2-7-24-16(14)17(28)13-10-26-27-15(6-8-25-18(13)27)11-3-1-4-12(9-11)19(21,22)23/h1-10H. The number of hydrogen-bond acceptors (Lipinski definition) is 4. The normalized spacial score (nSPS) is 11.7. The summed E-state index contributed by atoms with van der Waals surface area (Å²) < 4.78 is 40.4. The Labute approximate surface area is 161 Å². The van der Waals surface area contributed by atoms with Crippen molar-refractivity contribution in [3.63, 3.8) is 0 Å². The van der Waals surface area contributed by atoms with Gasteiger partial charge in [0.25, 0.3) is 0 Å². The Balaban J connectivity index is 1.84. The lowest BCUT2D eigenvalue weighted by Crippen LogP contribution is -2.06. The predicted molar refractivity (Wildman–Crippen MR) is 96.1 cm³/mol. The lowest BCUT2D eigenvalue weighted by atomic mass is 10.1. The third-order valence-electron chi connectivity index (χ3n) is 4.11. The summed E-state index contributed by atoms with van der Waals surface area (Å²) in [5.41, 5.74) is 0.266. The van der Waals surface area contributed by atoms with Crippen LogP contribution in [0.5, 0.6) is 0 Å². The van der Waals surface area contributed by atoms with Crippen molar-refractivity contribution in [3.8, 4) is 11.3 Å². The average Bonchev–Trinajstić information content (AvgIpc) is 3.11. The number of halogens is 4. The van der Waals surface area contributed by atoms with Crippen molar-refractivity contribution < 1.29 is 18.0 Å². The average molecular weight is 403 g/mol. The smallest absolute Gasteiger partial charge is 0.287 e. The van der Waals surface area contributed by atoms with Gasteiger partial charge in [-0.2, -0.15) is 18.3 Å². The van der Waals surface area contributed by atoms with Crippen LogP contribution in [0.2, 0.25) is 5.02 Å². The highest BCUT2D eigenvalue weighted by molar-refractivity contribution is 6.34. The van der Waals surface area contributed by atoms with Crippen LogP contribution in [0.1, 0.15) is 21.6 Å². The monoisotopic (exact) mass is 402 g/mol. The van der Waals surface area contributed by atoms with Crippen LogP contribution in [-0.2, 0) is 6.18 Å². The Morgan fingerprint density at radius 2 is 1.86 bits per heavy atom. The molecule has 1 aromatic carbocycles. The van der Waals surface area contributed by atoms with E-state index in [1.165, 1.54) is 47.4 Å². The van der Waals surface area contributed by atoms with E-state index in [1.807, 2.05) is 0 Å². The molecular weight excluding hydrogens is 393 g/mol. The molecule has 3 heterocycles. The summed E-state index contributed by atoms with van der Waals surface area (Å²) in [5.74, 6) is -0.478. The molecular formula is C19H10ClF3N4O. The molecule has 0 unspecified atom stereocenters. The second-order valence-electron chi connectivity index (χ2n) is 5.87. The first-order valence-corrected chi connectivity index (χ1v) is 8.39. The van der Waals surface area contributed by atoms with Crippen LogP contribution in [0.3, 0.4) is 0 Å². The zero-order valence-corrected chi connectivity index (χ0v) is 14.7. The number of nitrogens with zero attached hydrogens (tertiary/aromatic N) is 4. The van der Waals surface area contributed by atoms with E-state index in [-0.39, 0.29) is 21.9 Å². The third-order valence-corrected chi connectivity index (χ3v) is 4.41. The van der Waals surface area contributed by atoms with Crippen LogP contribution in [0.4, 0.5) is 13.2 Å². The highest BCUT2D eigenvalue weighted by Gasteiger charge is 2.30. The molecule has 0 bridgehead atoms. The topological polar surface area (TPSA) is 60.2 Å². The molecule has 0 saturated heterocycles. The maximum atomic E-state index is 13.0. The fourth-order valence-corrected chi connectivity index (χ4v) is 3.01. The van der Waals surface area contributed by atoms with E-state index in [0.29, 0.717) is 11.3 Å². The lowest BCUT2D eigenvalue weighted by molar-refractivity contribution is -0.137. The Hall–Kier alpha value is -3.26. The maximum absolute atomic E-state index is 13.0. The van der Waals surface area contributed by atoms with E-state index < -0.39 is 17.5 Å². The van der Waals surface area contributed by atoms with E-state index in [1.54, 1.807) is 6.07 Å². The number of ketones is 1. The number of benzene rings is 1. The maximum Gasteiger partial charge on any atom is 0.416 e. The van der Waals surface area contributed by atoms with E-state index in [9.17, 15) is 18.0 Å². The van der Waals surface area contributed by atoms with Crippen LogP contribution in [-0.4, -0.2) is 25.4 Å². The molecule has 0 saturated carbocycles. The van der Waals surface area contributed by atoms with Crippen molar-refractivity contribution >= 4 is 23.0 Å². The van der Waals surface area contributed by atoms with E-state index in [0.717, 1.165) is 12.1 Å². The van der Waals surface area contributed by atoms with Gasteiger partial charge >= 0.3 is 6.18 Å². The molecule has 140 valence electrons. The molecule has 0 atom stereocenters. The van der Waals surface area contributed by atoms with Crippen molar-refractivity contribution in [3.05, 3.63) is 82.9 Å². The van der Waals surface area contributed by atoms with E-state index in [2.05, 4.69) is 15.1 Å². The SMILES string of the molecule is O=C(c1ncccc1Cl)c1cnn2c(-c3cccc(C(F)(F)F)c3)ccnc12. The zero-order valence-electron chi connectivity index (χ0n) is 14.0. The Kier molecular flexibility index (Phi) is 4.35. The molecule has 0 fully saturated rings. The summed E-state index contributed by atoms with van der Waals surface area (Å²) in [6, 6.07) is 9.51. The number of hydrogen-bond donors (Lipinski definition) is 0. The summed E-state index contributed by atoms with van der Waals surface area (Å²) in [4.78, 5) is 20.9. The number of fused-ring (bicyclic) bond motifs is 1. The Bertz CT molecular complexity index is 1200. The van der Waals surface area contributed by atoms with Gasteiger partial charge in [0.15, 0.2) is 5.65 Å². The van der Waals surface area contributed by atoms with Gasteiger partial charge < -0.3 is 0 Å². The van der Waals surface area contributed by atoms with Crippen molar-refractivity contribution in [2.24, 2.45) is 0 Å². The summed E-state index contributed by atoms with van der Waals surface area (Å²) >= 11 is 6.04. The summed E-state index contributed by atoms with van der Waals surface area (Å²) in [5, 5.41) is 4.33. The highest BCUT2D eigenvalue weighted by atomic mass is 35.5. The molecule has 0 N–H and O–H groups in total. The Morgan fingerprint density at radius 3 is 2.61 bits per heavy atom. The van der Waals surface area contributed by atoms with Gasteiger partial charge in [-0.15, -0.1) is 0 Å². The largest absolute Gasteiger partial charge is 0.416 e. The van der Waals surface area contributed by atoms with E-state index >= 15 is 0 Å². The zero-order chi connectivity index (χ0) is 19.9. The second kappa shape index (κ2) is 6.72. The van der Waals surface area contributed by atoms with Crippen LogP contribution >= 0.6 is 11.6 Å². The highest BCUT2D eigenvalue weighted by Crippen LogP contribution is 2.32. The van der Waals surface area contributed by atoms with Gasteiger partial charge in [0.2, 0.25) is 5.78 Å². The minimum absolute atomic E-state index is 0.0466. The van der Waals surface area contributed by atoms with Crippen molar-refractivity contribution in [2.45, 2.75) is 6.18 Å². The molecule has 0 aliphatic rings. The van der Waals surface area contributed by atoms with Gasteiger partial charge in [-0.1, -0.05) is 23.7 Å². The quantitative estimate of drug-likeness (QED) is 0.466. The first-order chi connectivity index (χ1) is 13.4. The number of alkyl halides is 3. The fraction of sp³-hybridized carbons (Fsp3) is 0.0526. The molecule has 28 heavy (non-hydrogen) atoms. The van der Waals surface area contributed by atoms with Gasteiger partial charge in [0.1, 0.15) is 5.69 Å². The molecule has 0 aliphatic carbocycles. The summed E-state index contributed by atoms with van der Waals surface area (Å²) in [6.45, 7) is 0. The number of carbonyl (C=O) groups is 1. The fourth-order valence-electron chi connectivity index (χ4n) is 2.81. The first-order valence-electron chi connectivity index (χ1n) is 8.02. The van der Waals surface area contributed by atoms with Gasteiger partial charge in [-0.3, -0.25) is 9.78 Å². The van der Waals surface area contributed by atoms with Crippen LogP contribution in [0, 0.1) is 0 Å². The van der Waals surface area contributed by atoms with Crippen molar-refractivity contribution in [1.82, 2.24) is 19.6 Å². The molecule has 4 aromatic rings. The minimum Gasteiger partial charge on any atom is -0.287 e.